The topological polar surface area (TPSA) is 43.4 Å². The standard InChI is InChI=1S/C14H19N3O2/c1-16-14-11(6-15-16)7-17(8-12(14)10-18-2)9-13-4-3-5-19-13/h3-6,12H,7-10H2,1-2H3. The van der Waals surface area contributed by atoms with Crippen molar-refractivity contribution in [1.82, 2.24) is 14.7 Å². The van der Waals surface area contributed by atoms with Crippen molar-refractivity contribution in [2.75, 3.05) is 20.3 Å². The van der Waals surface area contributed by atoms with Gasteiger partial charge >= 0.3 is 0 Å². The molecule has 1 atom stereocenters. The molecule has 0 amide bonds. The van der Waals surface area contributed by atoms with Crippen molar-refractivity contribution >= 4 is 0 Å². The van der Waals surface area contributed by atoms with Gasteiger partial charge in [0.1, 0.15) is 5.76 Å². The van der Waals surface area contributed by atoms with Gasteiger partial charge in [-0.2, -0.15) is 5.10 Å². The lowest BCUT2D eigenvalue weighted by Crippen LogP contribution is -2.35. The van der Waals surface area contributed by atoms with Crippen molar-refractivity contribution < 1.29 is 9.15 Å². The fourth-order valence-corrected chi connectivity index (χ4v) is 2.92. The molecule has 0 spiro atoms. The second-order valence-corrected chi connectivity index (χ2v) is 5.08. The highest BCUT2D eigenvalue weighted by molar-refractivity contribution is 5.25. The van der Waals surface area contributed by atoms with E-state index >= 15 is 0 Å². The highest BCUT2D eigenvalue weighted by atomic mass is 16.5. The third kappa shape index (κ3) is 2.43. The lowest BCUT2D eigenvalue weighted by atomic mass is 9.97. The van der Waals surface area contributed by atoms with Gasteiger partial charge < -0.3 is 9.15 Å². The minimum Gasteiger partial charge on any atom is -0.468 e. The van der Waals surface area contributed by atoms with Crippen LogP contribution in [0.2, 0.25) is 0 Å². The van der Waals surface area contributed by atoms with Crippen molar-refractivity contribution in [1.29, 1.82) is 0 Å². The van der Waals surface area contributed by atoms with Gasteiger partial charge in [-0.1, -0.05) is 0 Å². The number of methoxy groups -OCH3 is 1. The second-order valence-electron chi connectivity index (χ2n) is 5.08. The lowest BCUT2D eigenvalue weighted by Gasteiger charge is -2.32. The van der Waals surface area contributed by atoms with E-state index in [2.05, 4.69) is 10.00 Å². The van der Waals surface area contributed by atoms with Crippen molar-refractivity contribution in [2.24, 2.45) is 7.05 Å². The van der Waals surface area contributed by atoms with Crippen LogP contribution in [0.5, 0.6) is 0 Å². The van der Waals surface area contributed by atoms with Crippen molar-refractivity contribution in [3.05, 3.63) is 41.6 Å². The minimum absolute atomic E-state index is 0.371. The number of aryl methyl sites for hydroxylation is 1. The first-order valence-corrected chi connectivity index (χ1v) is 6.52. The number of hydrogen-bond donors (Lipinski definition) is 0. The van der Waals surface area contributed by atoms with E-state index in [9.17, 15) is 0 Å². The number of furan rings is 1. The molecule has 1 aliphatic rings. The predicted octanol–water partition coefficient (Wildman–Crippen LogP) is 1.76. The zero-order chi connectivity index (χ0) is 13.2. The van der Waals surface area contributed by atoms with Gasteiger partial charge in [0.2, 0.25) is 0 Å². The monoisotopic (exact) mass is 261 g/mol. The first-order chi connectivity index (χ1) is 9.28. The number of ether oxygens (including phenoxy) is 1. The average Bonchev–Trinajstić information content (AvgIpc) is 3.00. The molecule has 102 valence electrons. The summed E-state index contributed by atoms with van der Waals surface area (Å²) < 4.78 is 12.8. The smallest absolute Gasteiger partial charge is 0.117 e. The van der Waals surface area contributed by atoms with Gasteiger partial charge in [-0.05, 0) is 12.1 Å². The maximum atomic E-state index is 5.43. The SMILES string of the molecule is COCC1CN(Cc2ccco2)Cc2cnn(C)c21. The number of aromatic nitrogens is 2. The van der Waals surface area contributed by atoms with E-state index in [0.717, 1.165) is 32.0 Å². The summed E-state index contributed by atoms with van der Waals surface area (Å²) in [6.45, 7) is 3.45. The third-order valence-corrected chi connectivity index (χ3v) is 3.65. The van der Waals surface area contributed by atoms with E-state index in [1.807, 2.05) is 30.1 Å². The summed E-state index contributed by atoms with van der Waals surface area (Å²) in [5.74, 6) is 1.37. The van der Waals surface area contributed by atoms with E-state index in [1.54, 1.807) is 13.4 Å². The van der Waals surface area contributed by atoms with Crippen LogP contribution in [0, 0.1) is 0 Å². The molecule has 0 saturated heterocycles. The quantitative estimate of drug-likeness (QED) is 0.841. The molecule has 0 N–H and O–H groups in total. The van der Waals surface area contributed by atoms with Crippen LogP contribution >= 0.6 is 0 Å². The molecule has 1 unspecified atom stereocenters. The van der Waals surface area contributed by atoms with Crippen molar-refractivity contribution in [2.45, 2.75) is 19.0 Å². The van der Waals surface area contributed by atoms with E-state index in [-0.39, 0.29) is 0 Å². The molecule has 0 aromatic carbocycles. The highest BCUT2D eigenvalue weighted by Gasteiger charge is 2.28. The van der Waals surface area contributed by atoms with Crippen LogP contribution in [0.25, 0.3) is 0 Å². The van der Waals surface area contributed by atoms with Crippen LogP contribution in [0.15, 0.2) is 29.0 Å². The van der Waals surface area contributed by atoms with Crippen LogP contribution in [0.1, 0.15) is 22.9 Å². The van der Waals surface area contributed by atoms with Crippen molar-refractivity contribution in [3.63, 3.8) is 0 Å². The Bertz CT molecular complexity index is 533. The summed E-state index contributed by atoms with van der Waals surface area (Å²) in [4.78, 5) is 2.38. The maximum Gasteiger partial charge on any atom is 0.117 e. The Morgan fingerprint density at radius 2 is 2.42 bits per heavy atom. The molecule has 2 aromatic rings. The Kier molecular flexibility index (Phi) is 3.40. The molecule has 3 rings (SSSR count). The van der Waals surface area contributed by atoms with Crippen LogP contribution in [0.4, 0.5) is 0 Å². The lowest BCUT2D eigenvalue weighted by molar-refractivity contribution is 0.128. The Hall–Kier alpha value is -1.59. The van der Waals surface area contributed by atoms with Crippen LogP contribution in [-0.4, -0.2) is 34.9 Å². The number of rotatable bonds is 4. The maximum absolute atomic E-state index is 5.43. The predicted molar refractivity (Wildman–Crippen MR) is 70.6 cm³/mol. The molecular formula is C14H19N3O2. The second kappa shape index (κ2) is 5.19. The molecule has 2 aromatic heterocycles. The van der Waals surface area contributed by atoms with Crippen LogP contribution < -0.4 is 0 Å². The molecule has 1 aliphatic heterocycles. The molecule has 3 heterocycles. The van der Waals surface area contributed by atoms with E-state index < -0.39 is 0 Å². The molecule has 0 radical (unpaired) electrons. The molecule has 5 nitrogen and oxygen atoms in total. The molecule has 5 heteroatoms. The summed E-state index contributed by atoms with van der Waals surface area (Å²) in [6.07, 6.45) is 3.69. The van der Waals surface area contributed by atoms with Crippen molar-refractivity contribution in [3.8, 4) is 0 Å². The Balaban J connectivity index is 1.80. The highest BCUT2D eigenvalue weighted by Crippen LogP contribution is 2.28. The normalized spacial score (nSPS) is 19.6. The van der Waals surface area contributed by atoms with Gasteiger partial charge in [-0.15, -0.1) is 0 Å². The Labute approximate surface area is 112 Å². The summed E-state index contributed by atoms with van der Waals surface area (Å²) in [5, 5.41) is 4.37. The molecule has 19 heavy (non-hydrogen) atoms. The van der Waals surface area contributed by atoms with Crippen LogP contribution in [0.3, 0.4) is 0 Å². The number of fused-ring (bicyclic) bond motifs is 1. The fourth-order valence-electron chi connectivity index (χ4n) is 2.92. The Morgan fingerprint density at radius 3 is 3.16 bits per heavy atom. The summed E-state index contributed by atoms with van der Waals surface area (Å²) in [5.41, 5.74) is 2.60. The van der Waals surface area contributed by atoms with Gasteiger partial charge in [0.05, 0.1) is 25.6 Å². The summed E-state index contributed by atoms with van der Waals surface area (Å²) in [6, 6.07) is 3.95. The molecule has 0 fully saturated rings. The fraction of sp³-hybridized carbons (Fsp3) is 0.500. The zero-order valence-corrected chi connectivity index (χ0v) is 11.4. The molecule has 0 bridgehead atoms. The van der Waals surface area contributed by atoms with Gasteiger partial charge in [0.25, 0.3) is 0 Å². The third-order valence-electron chi connectivity index (χ3n) is 3.65. The first-order valence-electron chi connectivity index (χ1n) is 6.52. The van der Waals surface area contributed by atoms with E-state index in [0.29, 0.717) is 5.92 Å². The summed E-state index contributed by atoms with van der Waals surface area (Å²) >= 11 is 0. The number of nitrogens with zero attached hydrogens (tertiary/aromatic N) is 3. The van der Waals surface area contributed by atoms with Crippen LogP contribution in [-0.2, 0) is 24.9 Å². The first kappa shape index (κ1) is 12.4. The molecule has 0 saturated carbocycles. The van der Waals surface area contributed by atoms with E-state index in [1.165, 1.54) is 11.3 Å². The Morgan fingerprint density at radius 1 is 1.53 bits per heavy atom. The van der Waals surface area contributed by atoms with Gasteiger partial charge in [-0.25, -0.2) is 0 Å². The zero-order valence-electron chi connectivity index (χ0n) is 11.4. The molecule has 0 aliphatic carbocycles. The van der Waals surface area contributed by atoms with Gasteiger partial charge in [-0.3, -0.25) is 9.58 Å². The van der Waals surface area contributed by atoms with Gasteiger partial charge in [0.15, 0.2) is 0 Å². The average molecular weight is 261 g/mol. The van der Waals surface area contributed by atoms with Gasteiger partial charge in [0, 0.05) is 44.4 Å². The largest absolute Gasteiger partial charge is 0.468 e. The summed E-state index contributed by atoms with van der Waals surface area (Å²) in [7, 11) is 3.76. The minimum atomic E-state index is 0.371. The van der Waals surface area contributed by atoms with E-state index in [4.69, 9.17) is 9.15 Å². The molecular weight excluding hydrogens is 242 g/mol. The number of hydrogen-bond acceptors (Lipinski definition) is 4.